The molecule has 294 valence electrons. The van der Waals surface area contributed by atoms with Gasteiger partial charge in [-0.05, 0) is 75.3 Å². The summed E-state index contributed by atoms with van der Waals surface area (Å²) in [6, 6.07) is 12.0. The summed E-state index contributed by atoms with van der Waals surface area (Å²) < 4.78 is 1.89. The number of benzene rings is 1. The molecule has 3 fully saturated rings. The summed E-state index contributed by atoms with van der Waals surface area (Å²) in [6.07, 6.45) is 10.2. The summed E-state index contributed by atoms with van der Waals surface area (Å²) in [4.78, 5) is 76.2. The van der Waals surface area contributed by atoms with Crippen molar-refractivity contribution in [1.29, 1.82) is 5.26 Å². The second-order valence-corrected chi connectivity index (χ2v) is 16.2. The number of imide groups is 2. The van der Waals surface area contributed by atoms with Crippen molar-refractivity contribution in [3.05, 3.63) is 76.7 Å². The van der Waals surface area contributed by atoms with Gasteiger partial charge in [0.05, 0.1) is 22.3 Å². The van der Waals surface area contributed by atoms with Gasteiger partial charge in [-0.2, -0.15) is 5.26 Å². The number of aromatic nitrogens is 5. The molecule has 9 rings (SSSR count). The molecule has 1 saturated carbocycles. The van der Waals surface area contributed by atoms with E-state index in [1.54, 1.807) is 41.9 Å². The minimum absolute atomic E-state index is 0.0681. The lowest BCUT2D eigenvalue weighted by molar-refractivity contribution is -0.136. The zero-order valence-electron chi connectivity index (χ0n) is 31.6. The van der Waals surface area contributed by atoms with Gasteiger partial charge in [0.1, 0.15) is 28.6 Å². The molecule has 1 unspecified atom stereocenters. The Labute approximate surface area is 336 Å². The topological polar surface area (TPSA) is 208 Å². The molecular formula is C41H39N11O5S. The van der Waals surface area contributed by atoms with Crippen LogP contribution in [-0.2, 0) is 14.4 Å². The third-order valence-electron chi connectivity index (χ3n) is 11.8. The third-order valence-corrected chi connectivity index (χ3v) is 12.9. The molecular weight excluding hydrogens is 759 g/mol. The number of anilines is 2. The Morgan fingerprint density at radius 3 is 2.45 bits per heavy atom. The van der Waals surface area contributed by atoms with E-state index in [-0.39, 0.29) is 47.8 Å². The van der Waals surface area contributed by atoms with Gasteiger partial charge in [0.15, 0.2) is 5.01 Å². The molecule has 17 heteroatoms. The predicted molar refractivity (Wildman–Crippen MR) is 213 cm³/mol. The number of nitrogens with zero attached hydrogens (tertiary/aromatic N) is 8. The molecule has 0 spiro atoms. The molecule has 4 aliphatic rings. The standard InChI is InChI=1S/C41H39N11O5S/c1-43-31-18-33(51-15-12-25-16-22(19-42)20-45-35(25)51)44-21-30(31)39-49-48-38(58-39)24-2-4-26(5-3-24)46-36(54)23-10-13-50(14-11-23)27-6-7-28-29(17-27)41(57)52(40(28)56)32-8-9-34(53)47-37(32)55/h6-7,12,15-18,20-21,23-24,26,32H,2-5,8-11,13-14H2,1H3,(H,43,44)(H,46,54)(H,47,53,55). The van der Waals surface area contributed by atoms with Crippen LogP contribution in [0.1, 0.15) is 88.6 Å². The van der Waals surface area contributed by atoms with Gasteiger partial charge in [-0.15, -0.1) is 10.2 Å². The Balaban J connectivity index is 0.772. The molecule has 0 bridgehead atoms. The van der Waals surface area contributed by atoms with Crippen LogP contribution < -0.4 is 20.9 Å². The van der Waals surface area contributed by atoms with E-state index in [4.69, 9.17) is 4.98 Å². The van der Waals surface area contributed by atoms with Gasteiger partial charge < -0.3 is 15.5 Å². The van der Waals surface area contributed by atoms with E-state index in [1.165, 1.54) is 0 Å². The number of hydrogen-bond donors (Lipinski definition) is 3. The van der Waals surface area contributed by atoms with Crippen LogP contribution in [0.3, 0.4) is 0 Å². The van der Waals surface area contributed by atoms with Crippen LogP contribution in [0.2, 0.25) is 0 Å². The fourth-order valence-corrected chi connectivity index (χ4v) is 9.63. The molecule has 2 saturated heterocycles. The number of fused-ring (bicyclic) bond motifs is 2. The lowest BCUT2D eigenvalue weighted by atomic mass is 9.86. The van der Waals surface area contributed by atoms with Crippen molar-refractivity contribution in [1.82, 2.24) is 40.3 Å². The number of piperidine rings is 2. The second-order valence-electron chi connectivity index (χ2n) is 15.2. The first kappa shape index (κ1) is 37.1. The average molecular weight is 798 g/mol. The van der Waals surface area contributed by atoms with Gasteiger partial charge in [-0.1, -0.05) is 11.3 Å². The highest BCUT2D eigenvalue weighted by Gasteiger charge is 2.45. The van der Waals surface area contributed by atoms with Crippen LogP contribution in [0.25, 0.3) is 27.4 Å². The van der Waals surface area contributed by atoms with Crippen molar-refractivity contribution in [2.45, 2.75) is 69.4 Å². The first-order chi connectivity index (χ1) is 28.2. The molecule has 58 heavy (non-hydrogen) atoms. The highest BCUT2D eigenvalue weighted by molar-refractivity contribution is 7.14. The number of carbonyl (C=O) groups excluding carboxylic acids is 5. The number of hydrogen-bond acceptors (Lipinski definition) is 13. The normalized spacial score (nSPS) is 21.2. The highest BCUT2D eigenvalue weighted by Crippen LogP contribution is 2.39. The van der Waals surface area contributed by atoms with Crippen LogP contribution in [0.15, 0.2) is 55.0 Å². The molecule has 4 aromatic heterocycles. The average Bonchev–Trinajstić information content (AvgIpc) is 3.97. The van der Waals surface area contributed by atoms with E-state index in [0.29, 0.717) is 43.0 Å². The minimum Gasteiger partial charge on any atom is -0.387 e. The Hall–Kier alpha value is -6.54. The molecule has 1 aliphatic carbocycles. The Morgan fingerprint density at radius 1 is 0.897 bits per heavy atom. The van der Waals surface area contributed by atoms with Crippen molar-refractivity contribution >= 4 is 63.3 Å². The monoisotopic (exact) mass is 797 g/mol. The first-order valence-corrected chi connectivity index (χ1v) is 20.3. The van der Waals surface area contributed by atoms with Crippen LogP contribution >= 0.6 is 11.3 Å². The van der Waals surface area contributed by atoms with Crippen LogP contribution in [0.4, 0.5) is 11.4 Å². The van der Waals surface area contributed by atoms with Gasteiger partial charge >= 0.3 is 0 Å². The van der Waals surface area contributed by atoms with E-state index >= 15 is 0 Å². The molecule has 5 aromatic rings. The fraction of sp³-hybridized carbons (Fsp3) is 0.366. The van der Waals surface area contributed by atoms with Crippen molar-refractivity contribution in [2.24, 2.45) is 5.92 Å². The summed E-state index contributed by atoms with van der Waals surface area (Å²) in [5.74, 6) is -1.21. The van der Waals surface area contributed by atoms with E-state index in [9.17, 15) is 29.2 Å². The van der Waals surface area contributed by atoms with Crippen LogP contribution in [-0.4, -0.2) is 91.4 Å². The summed E-state index contributed by atoms with van der Waals surface area (Å²) >= 11 is 1.57. The molecule has 1 aromatic carbocycles. The highest BCUT2D eigenvalue weighted by atomic mass is 32.1. The van der Waals surface area contributed by atoms with Crippen molar-refractivity contribution in [3.63, 3.8) is 0 Å². The molecule has 0 radical (unpaired) electrons. The molecule has 1 atom stereocenters. The molecule has 3 N–H and O–H groups in total. The van der Waals surface area contributed by atoms with Crippen molar-refractivity contribution in [3.8, 4) is 22.5 Å². The number of pyridine rings is 2. The quantitative estimate of drug-likeness (QED) is 0.188. The third kappa shape index (κ3) is 6.72. The Bertz CT molecular complexity index is 2540. The first-order valence-electron chi connectivity index (χ1n) is 19.5. The maximum Gasteiger partial charge on any atom is 0.262 e. The maximum absolute atomic E-state index is 13.4. The molecule has 16 nitrogen and oxygen atoms in total. The lowest BCUT2D eigenvalue weighted by Crippen LogP contribution is -2.54. The number of carbonyl (C=O) groups is 5. The van der Waals surface area contributed by atoms with E-state index in [0.717, 1.165) is 62.9 Å². The van der Waals surface area contributed by atoms with Gasteiger partial charge in [-0.25, -0.2) is 9.97 Å². The molecule has 5 amide bonds. The zero-order chi connectivity index (χ0) is 40.1. The zero-order valence-corrected chi connectivity index (χ0v) is 32.4. The van der Waals surface area contributed by atoms with Crippen LogP contribution in [0.5, 0.6) is 0 Å². The number of rotatable bonds is 8. The summed E-state index contributed by atoms with van der Waals surface area (Å²) in [5.41, 5.74) is 4.22. The van der Waals surface area contributed by atoms with Gasteiger partial charge in [0, 0.05) is 85.9 Å². The van der Waals surface area contributed by atoms with E-state index < -0.39 is 29.7 Å². The number of amides is 5. The summed E-state index contributed by atoms with van der Waals surface area (Å²) in [7, 11) is 1.86. The lowest BCUT2D eigenvalue weighted by Gasteiger charge is -2.34. The van der Waals surface area contributed by atoms with Crippen molar-refractivity contribution < 1.29 is 24.0 Å². The largest absolute Gasteiger partial charge is 0.387 e. The number of nitriles is 1. The minimum atomic E-state index is -1.01. The van der Waals surface area contributed by atoms with Gasteiger partial charge in [0.25, 0.3) is 11.8 Å². The second kappa shape index (κ2) is 15.1. The predicted octanol–water partition coefficient (Wildman–Crippen LogP) is 4.31. The SMILES string of the molecule is CNc1cc(-n2ccc3cc(C#N)cnc32)ncc1-c1nnc(C2CCC(NC(=O)C3CCN(c4ccc5c(c4)C(=O)N(C4CCC(=O)NC4=O)C5=O)CC3)CC2)s1. The Morgan fingerprint density at radius 2 is 1.69 bits per heavy atom. The summed E-state index contributed by atoms with van der Waals surface area (Å²) in [5, 5.41) is 29.8. The smallest absolute Gasteiger partial charge is 0.262 e. The van der Waals surface area contributed by atoms with E-state index in [1.807, 2.05) is 36.0 Å². The van der Waals surface area contributed by atoms with Crippen molar-refractivity contribution in [2.75, 3.05) is 30.4 Å². The van der Waals surface area contributed by atoms with Gasteiger partial charge in [-0.3, -0.25) is 38.8 Å². The maximum atomic E-state index is 13.4. The molecule has 7 heterocycles. The van der Waals surface area contributed by atoms with Gasteiger partial charge in [0.2, 0.25) is 17.7 Å². The van der Waals surface area contributed by atoms with Crippen LogP contribution in [0, 0.1) is 17.2 Å². The fourth-order valence-electron chi connectivity index (χ4n) is 8.59. The molecule has 3 aliphatic heterocycles. The summed E-state index contributed by atoms with van der Waals surface area (Å²) in [6.45, 7) is 1.25. The number of nitrogens with one attached hydrogen (secondary N) is 3. The van der Waals surface area contributed by atoms with E-state index in [2.05, 4.69) is 42.1 Å². The Kier molecular flexibility index (Phi) is 9.64.